The number of nitrogens with one attached hydrogen (secondary N) is 1. The zero-order chi connectivity index (χ0) is 26.6. The van der Waals surface area contributed by atoms with Crippen LogP contribution in [-0.4, -0.2) is 67.2 Å². The Hall–Kier alpha value is -2.93. The van der Waals surface area contributed by atoms with Crippen LogP contribution in [0.1, 0.15) is 38.7 Å². The van der Waals surface area contributed by atoms with Crippen molar-refractivity contribution in [3.63, 3.8) is 0 Å². The molecule has 1 N–H and O–H groups in total. The van der Waals surface area contributed by atoms with Crippen molar-refractivity contribution < 1.29 is 27.0 Å². The second kappa shape index (κ2) is 11.9. The van der Waals surface area contributed by atoms with E-state index < -0.39 is 46.3 Å². The summed E-state index contributed by atoms with van der Waals surface area (Å²) in [6, 6.07) is 0.0171. The first-order valence-corrected chi connectivity index (χ1v) is 12.7. The Morgan fingerprint density at radius 2 is 1.89 bits per heavy atom. The molecule has 2 aromatic rings. The third-order valence-electron chi connectivity index (χ3n) is 5.96. The van der Waals surface area contributed by atoms with Crippen LogP contribution in [0.5, 0.6) is 0 Å². The number of hydrogen-bond acceptors (Lipinski definition) is 4. The molecule has 1 aliphatic rings. The first kappa shape index (κ1) is 27.7. The van der Waals surface area contributed by atoms with Gasteiger partial charge in [0.25, 0.3) is 0 Å². The van der Waals surface area contributed by atoms with Crippen molar-refractivity contribution in [3.05, 3.63) is 47.5 Å². The molecule has 1 aliphatic heterocycles. The summed E-state index contributed by atoms with van der Waals surface area (Å²) in [5, 5.41) is 6.73. The van der Waals surface area contributed by atoms with Gasteiger partial charge in [-0.05, 0) is 26.7 Å². The fraction of sp³-hybridized carbons (Fsp3) is 0.522. The van der Waals surface area contributed by atoms with Crippen LogP contribution in [0, 0.1) is 17.5 Å². The zero-order valence-corrected chi connectivity index (χ0v) is 21.5. The van der Waals surface area contributed by atoms with Crippen molar-refractivity contribution >= 4 is 28.7 Å². The quantitative estimate of drug-likeness (QED) is 0.541. The summed E-state index contributed by atoms with van der Waals surface area (Å²) in [5.41, 5.74) is 0.195. The average molecular weight is 529 g/mol. The molecule has 0 aliphatic carbocycles. The standard InChI is InChI=1S/C23H31F3N6O3S/c1-15(2)31(14-16-11-28-29(3)13-16)21(33)12-27-23(34)20-7-5-6-8-32(20)36(35)30(4)22-18(25)9-17(24)10-19(22)26/h9-11,13,15,20H,5-8,12,14H2,1-4H3,(H,27,34). The van der Waals surface area contributed by atoms with Crippen LogP contribution in [0.25, 0.3) is 0 Å². The number of aryl methyl sites for hydroxylation is 1. The van der Waals surface area contributed by atoms with Crippen LogP contribution < -0.4 is 9.62 Å². The van der Waals surface area contributed by atoms with Gasteiger partial charge in [0.15, 0.2) is 22.8 Å². The first-order valence-electron chi connectivity index (χ1n) is 11.6. The van der Waals surface area contributed by atoms with E-state index in [-0.39, 0.29) is 25.0 Å². The molecule has 0 spiro atoms. The molecule has 2 heterocycles. The summed E-state index contributed by atoms with van der Waals surface area (Å²) in [7, 11) is 2.99. The predicted molar refractivity (Wildman–Crippen MR) is 129 cm³/mol. The molecule has 0 saturated carbocycles. The van der Waals surface area contributed by atoms with E-state index in [0.717, 1.165) is 9.87 Å². The van der Waals surface area contributed by atoms with Gasteiger partial charge < -0.3 is 10.2 Å². The molecule has 13 heteroatoms. The summed E-state index contributed by atoms with van der Waals surface area (Å²) in [6.07, 6.45) is 5.14. The third-order valence-corrected chi connectivity index (χ3v) is 7.45. The Bertz CT molecular complexity index is 1110. The van der Waals surface area contributed by atoms with Crippen molar-refractivity contribution in [2.45, 2.75) is 51.7 Å². The molecule has 1 aromatic carbocycles. The lowest BCUT2D eigenvalue weighted by atomic mass is 10.0. The number of carbonyl (C=O) groups excluding carboxylic acids is 2. The van der Waals surface area contributed by atoms with Crippen LogP contribution in [0.15, 0.2) is 24.5 Å². The molecule has 36 heavy (non-hydrogen) atoms. The first-order chi connectivity index (χ1) is 17.0. The third kappa shape index (κ3) is 6.44. The van der Waals surface area contributed by atoms with Gasteiger partial charge in [-0.25, -0.2) is 17.4 Å². The minimum atomic E-state index is -2.14. The Labute approximate surface area is 210 Å². The normalized spacial score (nSPS) is 17.2. The maximum absolute atomic E-state index is 14.3. The van der Waals surface area contributed by atoms with Crippen LogP contribution in [0.2, 0.25) is 0 Å². The van der Waals surface area contributed by atoms with Gasteiger partial charge in [0, 0.05) is 57.1 Å². The van der Waals surface area contributed by atoms with Gasteiger partial charge in [0.2, 0.25) is 11.8 Å². The van der Waals surface area contributed by atoms with Crippen molar-refractivity contribution in [2.24, 2.45) is 7.05 Å². The number of nitrogens with zero attached hydrogens (tertiary/aromatic N) is 5. The van der Waals surface area contributed by atoms with E-state index in [1.54, 1.807) is 29.0 Å². The highest BCUT2D eigenvalue weighted by molar-refractivity contribution is 7.84. The molecule has 0 radical (unpaired) electrons. The van der Waals surface area contributed by atoms with Crippen molar-refractivity contribution in [2.75, 3.05) is 24.4 Å². The molecule has 1 saturated heterocycles. The minimum absolute atomic E-state index is 0.123. The highest BCUT2D eigenvalue weighted by atomic mass is 32.2. The molecule has 2 amide bonds. The van der Waals surface area contributed by atoms with Crippen molar-refractivity contribution in [1.29, 1.82) is 0 Å². The molecule has 9 nitrogen and oxygen atoms in total. The summed E-state index contributed by atoms with van der Waals surface area (Å²) in [6.45, 7) is 4.05. The summed E-state index contributed by atoms with van der Waals surface area (Å²) >= 11 is -2.14. The highest BCUT2D eigenvalue weighted by Gasteiger charge is 2.36. The lowest BCUT2D eigenvalue weighted by Gasteiger charge is -2.36. The summed E-state index contributed by atoms with van der Waals surface area (Å²) in [4.78, 5) is 27.5. The number of aromatic nitrogens is 2. The van der Waals surface area contributed by atoms with Gasteiger partial charge in [-0.2, -0.15) is 9.40 Å². The Morgan fingerprint density at radius 3 is 2.47 bits per heavy atom. The molecule has 1 aromatic heterocycles. The number of carbonyl (C=O) groups is 2. The number of amides is 2. The molecular formula is C23H31F3N6O3S. The van der Waals surface area contributed by atoms with Crippen molar-refractivity contribution in [1.82, 2.24) is 24.3 Å². The van der Waals surface area contributed by atoms with Crippen LogP contribution in [0.3, 0.4) is 0 Å². The SMILES string of the molecule is CC(C)N(Cc1cnn(C)c1)C(=O)CNC(=O)C1CCCCN1S(=O)N(C)c1c(F)cc(F)cc1F. The number of hydrogen-bond donors (Lipinski definition) is 1. The Morgan fingerprint density at radius 1 is 1.22 bits per heavy atom. The van der Waals surface area contributed by atoms with Crippen LogP contribution >= 0.6 is 0 Å². The van der Waals surface area contributed by atoms with Crippen LogP contribution in [0.4, 0.5) is 18.9 Å². The molecule has 2 atom stereocenters. The number of benzene rings is 1. The van der Waals surface area contributed by atoms with Gasteiger partial charge in [-0.1, -0.05) is 6.42 Å². The molecule has 198 valence electrons. The molecule has 0 bridgehead atoms. The van der Waals surface area contributed by atoms with E-state index in [1.165, 1.54) is 11.4 Å². The largest absolute Gasteiger partial charge is 0.346 e. The fourth-order valence-corrected chi connectivity index (χ4v) is 5.47. The van der Waals surface area contributed by atoms with Gasteiger partial charge in [-0.3, -0.25) is 18.6 Å². The Kier molecular flexibility index (Phi) is 9.12. The van der Waals surface area contributed by atoms with Gasteiger partial charge in [-0.15, -0.1) is 0 Å². The minimum Gasteiger partial charge on any atom is -0.346 e. The second-order valence-corrected chi connectivity index (χ2v) is 10.4. The molecule has 2 unspecified atom stereocenters. The summed E-state index contributed by atoms with van der Waals surface area (Å²) in [5.74, 6) is -4.29. The van der Waals surface area contributed by atoms with E-state index >= 15 is 0 Å². The number of piperidine rings is 1. The maximum Gasteiger partial charge on any atom is 0.242 e. The average Bonchev–Trinajstić information content (AvgIpc) is 3.24. The lowest BCUT2D eigenvalue weighted by Crippen LogP contribution is -2.54. The zero-order valence-electron chi connectivity index (χ0n) is 20.7. The fourth-order valence-electron chi connectivity index (χ4n) is 4.12. The van der Waals surface area contributed by atoms with Gasteiger partial charge in [0.05, 0.1) is 12.7 Å². The smallest absolute Gasteiger partial charge is 0.242 e. The lowest BCUT2D eigenvalue weighted by molar-refractivity contribution is -0.135. The molecular weight excluding hydrogens is 497 g/mol. The van der Waals surface area contributed by atoms with Gasteiger partial charge in [0.1, 0.15) is 17.5 Å². The second-order valence-electron chi connectivity index (χ2n) is 8.95. The topological polar surface area (TPSA) is 90.8 Å². The van der Waals surface area contributed by atoms with E-state index in [9.17, 15) is 27.0 Å². The molecule has 3 rings (SSSR count). The van der Waals surface area contributed by atoms with Crippen LogP contribution in [-0.2, 0) is 34.4 Å². The van der Waals surface area contributed by atoms with E-state index in [0.29, 0.717) is 37.9 Å². The Balaban J connectivity index is 1.68. The number of rotatable bonds is 9. The summed E-state index contributed by atoms with van der Waals surface area (Å²) < 4.78 is 58.8. The van der Waals surface area contributed by atoms with Crippen molar-refractivity contribution in [3.8, 4) is 0 Å². The highest BCUT2D eigenvalue weighted by Crippen LogP contribution is 2.28. The molecule has 1 fully saturated rings. The number of anilines is 1. The van der Waals surface area contributed by atoms with Gasteiger partial charge >= 0.3 is 0 Å². The predicted octanol–water partition coefficient (Wildman–Crippen LogP) is 2.26. The van der Waals surface area contributed by atoms with E-state index in [1.807, 2.05) is 13.8 Å². The number of halogens is 3. The monoisotopic (exact) mass is 528 g/mol. The maximum atomic E-state index is 14.3. The van der Waals surface area contributed by atoms with E-state index in [4.69, 9.17) is 0 Å². The van der Waals surface area contributed by atoms with E-state index in [2.05, 4.69) is 10.4 Å².